The molecule has 0 unspecified atom stereocenters. The van der Waals surface area contributed by atoms with Gasteiger partial charge in [0.1, 0.15) is 0 Å². The van der Waals surface area contributed by atoms with Crippen LogP contribution in [0.1, 0.15) is 17.5 Å². The van der Waals surface area contributed by atoms with Crippen LogP contribution < -0.4 is 10.6 Å². The minimum absolute atomic E-state index is 0.258. The quantitative estimate of drug-likeness (QED) is 0.562. The summed E-state index contributed by atoms with van der Waals surface area (Å²) in [6, 6.07) is 3.31. The van der Waals surface area contributed by atoms with E-state index < -0.39 is 10.0 Å². The number of benzene rings is 1. The molecule has 8 heteroatoms. The van der Waals surface area contributed by atoms with Crippen LogP contribution in [0.5, 0.6) is 0 Å². The fraction of sp³-hybridized carbons (Fsp3) is 0.562. The first-order valence-corrected chi connectivity index (χ1v) is 9.64. The van der Waals surface area contributed by atoms with Gasteiger partial charge in [0.2, 0.25) is 10.0 Å². The van der Waals surface area contributed by atoms with Gasteiger partial charge in [0.05, 0.1) is 4.90 Å². The van der Waals surface area contributed by atoms with E-state index in [1.165, 1.54) is 18.4 Å². The molecule has 136 valence electrons. The summed E-state index contributed by atoms with van der Waals surface area (Å²) in [4.78, 5) is 2.37. The summed E-state index contributed by atoms with van der Waals surface area (Å²) in [6.45, 7) is 5.57. The van der Waals surface area contributed by atoms with Crippen molar-refractivity contribution in [2.45, 2.75) is 25.2 Å². The molecule has 0 saturated carbocycles. The average molecular weight is 373 g/mol. The van der Waals surface area contributed by atoms with Gasteiger partial charge in [0.25, 0.3) is 0 Å². The largest absolute Gasteiger partial charge is 0.362 e. The maximum Gasteiger partial charge on any atom is 0.242 e. The number of hydrogen-bond acceptors (Lipinski definition) is 4. The number of nitrogens with zero attached hydrogens (tertiary/aromatic N) is 2. The van der Waals surface area contributed by atoms with E-state index in [2.05, 4.69) is 15.5 Å². The van der Waals surface area contributed by atoms with E-state index in [-0.39, 0.29) is 4.90 Å². The third kappa shape index (κ3) is 5.70. The monoisotopic (exact) mass is 372 g/mol. The summed E-state index contributed by atoms with van der Waals surface area (Å²) >= 11 is 5.31. The van der Waals surface area contributed by atoms with Gasteiger partial charge in [-0.25, -0.2) is 12.7 Å². The fourth-order valence-electron chi connectivity index (χ4n) is 2.08. The smallest absolute Gasteiger partial charge is 0.242 e. The van der Waals surface area contributed by atoms with Crippen molar-refractivity contribution in [3.63, 3.8) is 0 Å². The van der Waals surface area contributed by atoms with Crippen molar-refractivity contribution in [1.82, 2.24) is 14.5 Å². The van der Waals surface area contributed by atoms with Crippen LogP contribution in [-0.4, -0.2) is 64.0 Å². The van der Waals surface area contributed by atoms with Gasteiger partial charge < -0.3 is 15.5 Å². The van der Waals surface area contributed by atoms with Crippen molar-refractivity contribution < 1.29 is 8.42 Å². The second-order valence-corrected chi connectivity index (χ2v) is 8.80. The van der Waals surface area contributed by atoms with Crippen LogP contribution >= 0.6 is 12.2 Å². The van der Waals surface area contributed by atoms with Crippen molar-refractivity contribution in [3.05, 3.63) is 23.3 Å². The normalized spacial score (nSPS) is 11.8. The van der Waals surface area contributed by atoms with Crippen LogP contribution in [0.15, 0.2) is 17.0 Å². The second kappa shape index (κ2) is 8.75. The van der Waals surface area contributed by atoms with Crippen molar-refractivity contribution in [2.75, 3.05) is 46.6 Å². The van der Waals surface area contributed by atoms with Crippen LogP contribution in [-0.2, 0) is 10.0 Å². The van der Waals surface area contributed by atoms with Crippen molar-refractivity contribution in [1.29, 1.82) is 0 Å². The summed E-state index contributed by atoms with van der Waals surface area (Å²) in [6.07, 6.45) is 0.974. The predicted octanol–water partition coefficient (Wildman–Crippen LogP) is 1.79. The first-order valence-electron chi connectivity index (χ1n) is 7.79. The minimum atomic E-state index is -3.48. The zero-order chi connectivity index (χ0) is 18.5. The summed E-state index contributed by atoms with van der Waals surface area (Å²) < 4.78 is 25.9. The maximum absolute atomic E-state index is 12.4. The maximum atomic E-state index is 12.4. The van der Waals surface area contributed by atoms with E-state index in [4.69, 9.17) is 12.2 Å². The predicted molar refractivity (Wildman–Crippen MR) is 104 cm³/mol. The molecule has 0 saturated heterocycles. The van der Waals surface area contributed by atoms with E-state index in [1.54, 1.807) is 12.1 Å². The summed E-state index contributed by atoms with van der Waals surface area (Å²) in [5, 5.41) is 6.76. The zero-order valence-corrected chi connectivity index (χ0v) is 16.9. The van der Waals surface area contributed by atoms with Crippen molar-refractivity contribution in [3.8, 4) is 0 Å². The molecule has 1 rings (SSSR count). The molecular weight excluding hydrogens is 344 g/mol. The lowest BCUT2D eigenvalue weighted by molar-refractivity contribution is 0.400. The van der Waals surface area contributed by atoms with Crippen molar-refractivity contribution in [2.24, 2.45) is 0 Å². The number of hydrogen-bond donors (Lipinski definition) is 2. The first kappa shape index (κ1) is 20.8. The lowest BCUT2D eigenvalue weighted by Crippen LogP contribution is -2.31. The molecule has 0 bridgehead atoms. The lowest BCUT2D eigenvalue weighted by atomic mass is 10.1. The first-order chi connectivity index (χ1) is 11.1. The Kier molecular flexibility index (Phi) is 7.59. The third-order valence-corrected chi connectivity index (χ3v) is 5.77. The fourth-order valence-corrected chi connectivity index (χ4v) is 3.31. The van der Waals surface area contributed by atoms with Crippen LogP contribution in [0.4, 0.5) is 5.69 Å². The van der Waals surface area contributed by atoms with Crippen LogP contribution in [0, 0.1) is 13.8 Å². The molecule has 24 heavy (non-hydrogen) atoms. The van der Waals surface area contributed by atoms with E-state index in [0.717, 1.165) is 30.6 Å². The van der Waals surface area contributed by atoms with Crippen molar-refractivity contribution >= 4 is 33.0 Å². The highest BCUT2D eigenvalue weighted by Gasteiger charge is 2.19. The second-order valence-electron chi connectivity index (χ2n) is 6.24. The van der Waals surface area contributed by atoms with Gasteiger partial charge in [0, 0.05) is 26.3 Å². The lowest BCUT2D eigenvalue weighted by Gasteiger charge is -2.18. The molecule has 1 aromatic rings. The Morgan fingerprint density at radius 2 is 1.79 bits per heavy atom. The van der Waals surface area contributed by atoms with Gasteiger partial charge in [-0.3, -0.25) is 0 Å². The molecule has 0 spiro atoms. The Balaban J connectivity index is 2.88. The number of sulfonamides is 1. The molecule has 0 aliphatic carbocycles. The van der Waals surface area contributed by atoms with E-state index in [1.807, 2.05) is 27.9 Å². The SMILES string of the molecule is Cc1cc(S(=O)(=O)N(C)C)cc(NC(=S)NCCCN(C)C)c1C. The van der Waals surface area contributed by atoms with Gasteiger partial charge in [-0.05, 0) is 76.4 Å². The Morgan fingerprint density at radius 1 is 1.17 bits per heavy atom. The molecule has 0 fully saturated rings. The Bertz CT molecular complexity index is 686. The standard InChI is InChI=1S/C16H28N4O2S2/c1-12-10-14(24(21,22)20(5)6)11-15(13(12)2)18-16(23)17-8-7-9-19(3)4/h10-11H,7-9H2,1-6H3,(H2,17,18,23). The summed E-state index contributed by atoms with van der Waals surface area (Å²) in [5.74, 6) is 0. The molecule has 1 aromatic carbocycles. The molecule has 0 heterocycles. The number of nitrogens with one attached hydrogen (secondary N) is 2. The molecule has 0 aliphatic heterocycles. The number of aryl methyl sites for hydroxylation is 1. The van der Waals surface area contributed by atoms with Gasteiger partial charge in [-0.1, -0.05) is 0 Å². The Labute approximate surface area is 151 Å². The van der Waals surface area contributed by atoms with E-state index in [0.29, 0.717) is 10.8 Å². The Morgan fingerprint density at radius 3 is 2.33 bits per heavy atom. The van der Waals surface area contributed by atoms with Gasteiger partial charge >= 0.3 is 0 Å². The average Bonchev–Trinajstić information content (AvgIpc) is 2.47. The highest BCUT2D eigenvalue weighted by Crippen LogP contribution is 2.25. The van der Waals surface area contributed by atoms with Crippen LogP contribution in [0.2, 0.25) is 0 Å². The molecular formula is C16H28N4O2S2. The van der Waals surface area contributed by atoms with Crippen LogP contribution in [0.3, 0.4) is 0 Å². The number of thiocarbonyl (C=S) groups is 1. The summed E-state index contributed by atoms with van der Waals surface area (Å²) in [5.41, 5.74) is 2.58. The van der Waals surface area contributed by atoms with Gasteiger partial charge in [-0.15, -0.1) is 0 Å². The van der Waals surface area contributed by atoms with Crippen LogP contribution in [0.25, 0.3) is 0 Å². The topological polar surface area (TPSA) is 64.7 Å². The number of rotatable bonds is 7. The van der Waals surface area contributed by atoms with Gasteiger partial charge in [0.15, 0.2) is 5.11 Å². The molecule has 0 radical (unpaired) electrons. The van der Waals surface area contributed by atoms with E-state index in [9.17, 15) is 8.42 Å². The molecule has 0 amide bonds. The Hall–Kier alpha value is -1.22. The van der Waals surface area contributed by atoms with E-state index >= 15 is 0 Å². The van der Waals surface area contributed by atoms with Gasteiger partial charge in [-0.2, -0.15) is 0 Å². The molecule has 0 aromatic heterocycles. The minimum Gasteiger partial charge on any atom is -0.362 e. The third-order valence-electron chi connectivity index (χ3n) is 3.74. The highest BCUT2D eigenvalue weighted by atomic mass is 32.2. The number of anilines is 1. The molecule has 6 nitrogen and oxygen atoms in total. The highest BCUT2D eigenvalue weighted by molar-refractivity contribution is 7.89. The summed E-state index contributed by atoms with van der Waals surface area (Å²) in [7, 11) is 3.62. The molecule has 2 N–H and O–H groups in total. The zero-order valence-electron chi connectivity index (χ0n) is 15.3. The molecule has 0 aliphatic rings. The molecule has 0 atom stereocenters.